The van der Waals surface area contributed by atoms with Crippen molar-refractivity contribution in [3.63, 3.8) is 0 Å². The molecule has 0 N–H and O–H groups in total. The van der Waals surface area contributed by atoms with Gasteiger partial charge in [-0.05, 0) is 34.4 Å². The standard InChI is InChI=1S/C10H8BrN5/c11-9-3-1-8(2-4-9)7-16-6-5-10(14-16)13-15-12/h1-6H,7H2. The van der Waals surface area contributed by atoms with Crippen LogP contribution in [-0.2, 0) is 6.54 Å². The molecule has 0 bridgehead atoms. The molecule has 1 heterocycles. The van der Waals surface area contributed by atoms with Crippen molar-refractivity contribution in [2.75, 3.05) is 0 Å². The minimum atomic E-state index is 0.389. The van der Waals surface area contributed by atoms with Crippen molar-refractivity contribution in [1.29, 1.82) is 0 Å². The van der Waals surface area contributed by atoms with Crippen molar-refractivity contribution in [3.05, 3.63) is 57.0 Å². The van der Waals surface area contributed by atoms with E-state index in [9.17, 15) is 0 Å². The Morgan fingerprint density at radius 3 is 2.75 bits per heavy atom. The lowest BCUT2D eigenvalue weighted by atomic mass is 10.2. The zero-order valence-electron chi connectivity index (χ0n) is 8.29. The van der Waals surface area contributed by atoms with E-state index in [1.165, 1.54) is 0 Å². The number of hydrogen-bond acceptors (Lipinski definition) is 2. The summed E-state index contributed by atoms with van der Waals surface area (Å²) < 4.78 is 2.78. The number of rotatable bonds is 3. The maximum atomic E-state index is 8.25. The van der Waals surface area contributed by atoms with Crippen LogP contribution in [0.2, 0.25) is 0 Å². The van der Waals surface area contributed by atoms with Crippen LogP contribution in [0, 0.1) is 0 Å². The van der Waals surface area contributed by atoms with Crippen molar-refractivity contribution in [2.45, 2.75) is 6.54 Å². The Hall–Kier alpha value is -1.78. The number of halogens is 1. The number of nitrogens with zero attached hydrogens (tertiary/aromatic N) is 5. The highest BCUT2D eigenvalue weighted by molar-refractivity contribution is 9.10. The summed E-state index contributed by atoms with van der Waals surface area (Å²) in [5, 5.41) is 7.53. The van der Waals surface area contributed by atoms with Crippen molar-refractivity contribution in [1.82, 2.24) is 9.78 Å². The molecule has 0 aliphatic carbocycles. The van der Waals surface area contributed by atoms with Gasteiger partial charge in [-0.25, -0.2) is 0 Å². The number of benzene rings is 1. The van der Waals surface area contributed by atoms with Crippen LogP contribution < -0.4 is 0 Å². The van der Waals surface area contributed by atoms with Crippen LogP contribution in [0.5, 0.6) is 0 Å². The number of azide groups is 1. The molecule has 0 saturated carbocycles. The van der Waals surface area contributed by atoms with Crippen LogP contribution in [-0.4, -0.2) is 9.78 Å². The first kappa shape index (κ1) is 10.7. The lowest BCUT2D eigenvalue weighted by molar-refractivity contribution is 0.688. The van der Waals surface area contributed by atoms with E-state index in [0.29, 0.717) is 12.4 Å². The summed E-state index contributed by atoms with van der Waals surface area (Å²) in [6.07, 6.45) is 1.78. The van der Waals surface area contributed by atoms with Gasteiger partial charge in [-0.2, -0.15) is 5.10 Å². The number of hydrogen-bond donors (Lipinski definition) is 0. The minimum Gasteiger partial charge on any atom is -0.268 e. The fraction of sp³-hybridized carbons (Fsp3) is 0.100. The van der Waals surface area contributed by atoms with Crippen LogP contribution in [0.15, 0.2) is 46.1 Å². The predicted molar refractivity (Wildman–Crippen MR) is 64.3 cm³/mol. The smallest absolute Gasteiger partial charge is 0.148 e. The molecule has 5 nitrogen and oxygen atoms in total. The lowest BCUT2D eigenvalue weighted by Gasteiger charge is -2.01. The largest absolute Gasteiger partial charge is 0.268 e. The lowest BCUT2D eigenvalue weighted by Crippen LogP contribution is -1.99. The molecule has 0 aliphatic heterocycles. The Balaban J connectivity index is 2.14. The fourth-order valence-corrected chi connectivity index (χ4v) is 1.58. The Labute approximate surface area is 100 Å². The summed E-state index contributed by atoms with van der Waals surface area (Å²) in [7, 11) is 0. The zero-order valence-corrected chi connectivity index (χ0v) is 9.87. The summed E-state index contributed by atoms with van der Waals surface area (Å²) in [5.74, 6) is 0.389. The van der Waals surface area contributed by atoms with Crippen LogP contribution in [0.25, 0.3) is 10.4 Å². The van der Waals surface area contributed by atoms with Crippen molar-refractivity contribution in [2.24, 2.45) is 5.11 Å². The van der Waals surface area contributed by atoms with Gasteiger partial charge in [0.25, 0.3) is 0 Å². The second-order valence-electron chi connectivity index (χ2n) is 3.19. The van der Waals surface area contributed by atoms with Crippen LogP contribution >= 0.6 is 15.9 Å². The molecule has 1 aromatic carbocycles. The summed E-state index contributed by atoms with van der Waals surface area (Å²) in [6, 6.07) is 9.66. The molecule has 80 valence electrons. The molecule has 2 rings (SSSR count). The fourth-order valence-electron chi connectivity index (χ4n) is 1.32. The van der Waals surface area contributed by atoms with Gasteiger partial charge in [-0.15, -0.1) is 0 Å². The molecule has 16 heavy (non-hydrogen) atoms. The normalized spacial score (nSPS) is 9.81. The molecule has 0 atom stereocenters. The molecule has 0 radical (unpaired) electrons. The minimum absolute atomic E-state index is 0.389. The van der Waals surface area contributed by atoms with E-state index in [-0.39, 0.29) is 0 Å². The molecule has 0 spiro atoms. The Bertz CT molecular complexity index is 524. The monoisotopic (exact) mass is 277 g/mol. The van der Waals surface area contributed by atoms with Gasteiger partial charge in [0.2, 0.25) is 0 Å². The molecule has 1 aromatic heterocycles. The summed E-state index contributed by atoms with van der Waals surface area (Å²) in [6.45, 7) is 0.661. The van der Waals surface area contributed by atoms with Gasteiger partial charge in [-0.3, -0.25) is 4.68 Å². The molecule has 6 heteroatoms. The van der Waals surface area contributed by atoms with E-state index >= 15 is 0 Å². The van der Waals surface area contributed by atoms with E-state index in [2.05, 4.69) is 31.1 Å². The highest BCUT2D eigenvalue weighted by Crippen LogP contribution is 2.13. The molecule has 0 unspecified atom stereocenters. The Kier molecular flexibility index (Phi) is 3.24. The van der Waals surface area contributed by atoms with E-state index in [1.807, 2.05) is 24.3 Å². The second kappa shape index (κ2) is 4.83. The SMILES string of the molecule is [N-]=[N+]=Nc1ccn(Cc2ccc(Br)cc2)n1. The third-order valence-electron chi connectivity index (χ3n) is 2.03. The van der Waals surface area contributed by atoms with Crippen molar-refractivity contribution in [3.8, 4) is 0 Å². The first-order chi connectivity index (χ1) is 7.78. The molecule has 0 saturated heterocycles. The van der Waals surface area contributed by atoms with Gasteiger partial charge in [0.05, 0.1) is 6.54 Å². The van der Waals surface area contributed by atoms with Gasteiger partial charge in [0.1, 0.15) is 5.82 Å². The average molecular weight is 278 g/mol. The van der Waals surface area contributed by atoms with E-state index in [4.69, 9.17) is 5.53 Å². The highest BCUT2D eigenvalue weighted by Gasteiger charge is 1.98. The molecular weight excluding hydrogens is 270 g/mol. The van der Waals surface area contributed by atoms with Crippen LogP contribution in [0.3, 0.4) is 0 Å². The van der Waals surface area contributed by atoms with Gasteiger partial charge in [0, 0.05) is 15.6 Å². The molecule has 0 amide bonds. The van der Waals surface area contributed by atoms with E-state index in [1.54, 1.807) is 16.9 Å². The van der Waals surface area contributed by atoms with E-state index in [0.717, 1.165) is 10.0 Å². The zero-order chi connectivity index (χ0) is 11.4. The highest BCUT2D eigenvalue weighted by atomic mass is 79.9. The molecule has 0 fully saturated rings. The van der Waals surface area contributed by atoms with Gasteiger partial charge < -0.3 is 0 Å². The maximum Gasteiger partial charge on any atom is 0.148 e. The third kappa shape index (κ3) is 2.62. The quantitative estimate of drug-likeness (QED) is 0.480. The molecule has 0 aliphatic rings. The first-order valence-corrected chi connectivity index (χ1v) is 5.40. The second-order valence-corrected chi connectivity index (χ2v) is 4.10. The Morgan fingerprint density at radius 1 is 1.31 bits per heavy atom. The third-order valence-corrected chi connectivity index (χ3v) is 2.56. The van der Waals surface area contributed by atoms with Gasteiger partial charge in [-0.1, -0.05) is 28.1 Å². The van der Waals surface area contributed by atoms with Crippen molar-refractivity contribution < 1.29 is 0 Å². The molecule has 2 aromatic rings. The topological polar surface area (TPSA) is 66.6 Å². The summed E-state index contributed by atoms with van der Waals surface area (Å²) >= 11 is 3.38. The summed E-state index contributed by atoms with van der Waals surface area (Å²) in [4.78, 5) is 2.68. The first-order valence-electron chi connectivity index (χ1n) is 4.61. The van der Waals surface area contributed by atoms with E-state index < -0.39 is 0 Å². The maximum absolute atomic E-state index is 8.25. The average Bonchev–Trinajstić information content (AvgIpc) is 2.70. The molecular formula is C10H8BrN5. The van der Waals surface area contributed by atoms with Crippen LogP contribution in [0.1, 0.15) is 5.56 Å². The predicted octanol–water partition coefficient (Wildman–Crippen LogP) is 3.64. The van der Waals surface area contributed by atoms with Gasteiger partial charge >= 0.3 is 0 Å². The summed E-state index contributed by atoms with van der Waals surface area (Å²) in [5.41, 5.74) is 9.39. The Morgan fingerprint density at radius 2 is 2.06 bits per heavy atom. The van der Waals surface area contributed by atoms with Crippen LogP contribution in [0.4, 0.5) is 5.82 Å². The number of aromatic nitrogens is 2. The van der Waals surface area contributed by atoms with Crippen molar-refractivity contribution >= 4 is 21.7 Å². The van der Waals surface area contributed by atoms with Gasteiger partial charge in [0.15, 0.2) is 0 Å².